The lowest BCUT2D eigenvalue weighted by molar-refractivity contribution is -0.116. The summed E-state index contributed by atoms with van der Waals surface area (Å²) in [5, 5.41) is 11.3. The predicted octanol–water partition coefficient (Wildman–Crippen LogP) is 0.230. The van der Waals surface area contributed by atoms with Crippen LogP contribution in [0.3, 0.4) is 0 Å². The Morgan fingerprint density at radius 1 is 1.42 bits per heavy atom. The first kappa shape index (κ1) is 12.2. The molecule has 0 radical (unpaired) electrons. The molecule has 0 aliphatic carbocycles. The van der Waals surface area contributed by atoms with Crippen molar-refractivity contribution in [2.75, 3.05) is 5.75 Å². The van der Waals surface area contributed by atoms with Gasteiger partial charge in [-0.3, -0.25) is 15.1 Å². The molecule has 0 saturated carbocycles. The third-order valence-electron chi connectivity index (χ3n) is 2.98. The highest BCUT2D eigenvalue weighted by Gasteiger charge is 2.30. The number of carbonyl (C=O) groups is 1. The molecule has 1 atom stereocenters. The number of hydrogen-bond donors (Lipinski definition) is 1. The number of nitrogens with one attached hydrogen (secondary N) is 1. The number of nitrogens with zero attached hydrogens (tertiary/aromatic N) is 3. The van der Waals surface area contributed by atoms with Crippen LogP contribution < -0.4 is 15.9 Å². The minimum atomic E-state index is -0.164. The number of thioether (sulfide) groups is 1. The van der Waals surface area contributed by atoms with Gasteiger partial charge in [0.2, 0.25) is 0 Å². The molecular formula is C13H14N4OS. The second-order valence-corrected chi connectivity index (χ2v) is 5.52. The van der Waals surface area contributed by atoms with E-state index in [1.54, 1.807) is 5.01 Å². The maximum atomic E-state index is 12.3. The number of para-hydroxylation sites is 1. The summed E-state index contributed by atoms with van der Waals surface area (Å²) in [6, 6.07) is 7.65. The van der Waals surface area contributed by atoms with Gasteiger partial charge in [-0.05, 0) is 18.7 Å². The van der Waals surface area contributed by atoms with Crippen LogP contribution in [0.2, 0.25) is 0 Å². The second-order valence-electron chi connectivity index (χ2n) is 4.26. The van der Waals surface area contributed by atoms with Crippen LogP contribution in [0.1, 0.15) is 13.8 Å². The lowest BCUT2D eigenvalue weighted by atomic mass is 10.2. The number of rotatable bonds is 1. The molecule has 3 rings (SSSR count). The Bertz CT molecular complexity index is 682. The van der Waals surface area contributed by atoms with Crippen molar-refractivity contribution in [1.82, 2.24) is 10.3 Å². The average molecular weight is 274 g/mol. The molecule has 0 bridgehead atoms. The topological polar surface area (TPSA) is 57.1 Å². The van der Waals surface area contributed by atoms with Crippen LogP contribution in [-0.2, 0) is 4.79 Å². The number of hydrazone groups is 1. The second kappa shape index (κ2) is 4.70. The van der Waals surface area contributed by atoms with Gasteiger partial charge in [-0.15, -0.1) is 5.10 Å². The molecule has 2 aliphatic heterocycles. The van der Waals surface area contributed by atoms with Gasteiger partial charge in [0.15, 0.2) is 5.17 Å². The number of hydrogen-bond acceptors (Lipinski definition) is 5. The van der Waals surface area contributed by atoms with Crippen molar-refractivity contribution in [3.8, 4) is 0 Å². The van der Waals surface area contributed by atoms with Crippen LogP contribution in [0.5, 0.6) is 0 Å². The highest BCUT2D eigenvalue weighted by molar-refractivity contribution is 8.13. The van der Waals surface area contributed by atoms with Crippen molar-refractivity contribution >= 4 is 28.5 Å². The molecule has 98 valence electrons. The minimum absolute atomic E-state index is 0.111. The van der Waals surface area contributed by atoms with Crippen LogP contribution in [-0.4, -0.2) is 28.0 Å². The van der Waals surface area contributed by atoms with Gasteiger partial charge in [-0.2, -0.15) is 0 Å². The highest BCUT2D eigenvalue weighted by atomic mass is 32.2. The Morgan fingerprint density at radius 3 is 3.00 bits per heavy atom. The van der Waals surface area contributed by atoms with Crippen LogP contribution in [0.25, 0.3) is 5.70 Å². The molecule has 2 heterocycles. The first-order valence-electron chi connectivity index (χ1n) is 6.20. The van der Waals surface area contributed by atoms with E-state index in [2.05, 4.69) is 15.4 Å². The van der Waals surface area contributed by atoms with Gasteiger partial charge in [0.1, 0.15) is 11.9 Å². The molecule has 0 spiro atoms. The van der Waals surface area contributed by atoms with Crippen molar-refractivity contribution in [1.29, 1.82) is 0 Å². The lowest BCUT2D eigenvalue weighted by Gasteiger charge is -2.32. The van der Waals surface area contributed by atoms with Gasteiger partial charge in [0.05, 0.1) is 5.36 Å². The fourth-order valence-corrected chi connectivity index (χ4v) is 2.78. The summed E-state index contributed by atoms with van der Waals surface area (Å²) in [4.78, 5) is 16.9. The third-order valence-corrected chi connectivity index (χ3v) is 3.73. The molecule has 0 fully saturated rings. The first-order valence-corrected chi connectivity index (χ1v) is 7.18. The van der Waals surface area contributed by atoms with E-state index < -0.39 is 0 Å². The van der Waals surface area contributed by atoms with Gasteiger partial charge in [-0.25, -0.2) is 5.01 Å². The molecule has 1 N–H and O–H groups in total. The molecular weight excluding hydrogens is 260 g/mol. The van der Waals surface area contributed by atoms with E-state index in [0.29, 0.717) is 10.9 Å². The van der Waals surface area contributed by atoms with E-state index >= 15 is 0 Å². The molecule has 1 unspecified atom stereocenters. The van der Waals surface area contributed by atoms with E-state index in [9.17, 15) is 4.79 Å². The average Bonchev–Trinajstić information content (AvgIpc) is 2.39. The Morgan fingerprint density at radius 2 is 2.21 bits per heavy atom. The normalized spacial score (nSPS) is 21.1. The molecule has 6 heteroatoms. The van der Waals surface area contributed by atoms with E-state index in [4.69, 9.17) is 0 Å². The highest BCUT2D eigenvalue weighted by Crippen LogP contribution is 2.19. The van der Waals surface area contributed by atoms with Crippen molar-refractivity contribution in [2.24, 2.45) is 10.1 Å². The van der Waals surface area contributed by atoms with E-state index in [0.717, 1.165) is 16.3 Å². The van der Waals surface area contributed by atoms with Crippen molar-refractivity contribution in [3.63, 3.8) is 0 Å². The van der Waals surface area contributed by atoms with Gasteiger partial charge in [0.25, 0.3) is 5.91 Å². The van der Waals surface area contributed by atoms with Crippen LogP contribution in [0.4, 0.5) is 0 Å². The molecule has 2 aliphatic rings. The maximum absolute atomic E-state index is 12.3. The van der Waals surface area contributed by atoms with Gasteiger partial charge in [-0.1, -0.05) is 36.9 Å². The van der Waals surface area contributed by atoms with Crippen molar-refractivity contribution in [2.45, 2.75) is 20.0 Å². The molecule has 0 saturated heterocycles. The quantitative estimate of drug-likeness (QED) is 0.797. The van der Waals surface area contributed by atoms with Crippen molar-refractivity contribution < 1.29 is 4.79 Å². The standard InChI is InChI=1S/C13H14N4OS/c1-3-19-13-15-12(18)11-9-6-4-5-7-10(9)14-8(2)17(11)16-13/h4-8H,3H2,1-2H3,(H,15,16,18). The summed E-state index contributed by atoms with van der Waals surface area (Å²) in [5.74, 6) is 0.755. The van der Waals surface area contributed by atoms with E-state index in [1.807, 2.05) is 38.1 Å². The minimum Gasteiger partial charge on any atom is -0.298 e. The molecule has 0 aromatic heterocycles. The summed E-state index contributed by atoms with van der Waals surface area (Å²) < 4.78 is 0. The Kier molecular flexibility index (Phi) is 3.02. The molecule has 1 amide bonds. The van der Waals surface area contributed by atoms with E-state index in [-0.39, 0.29) is 12.1 Å². The zero-order valence-electron chi connectivity index (χ0n) is 10.8. The summed E-state index contributed by atoms with van der Waals surface area (Å²) in [6.45, 7) is 3.96. The maximum Gasteiger partial charge on any atom is 0.276 e. The lowest BCUT2D eigenvalue weighted by Crippen LogP contribution is -2.51. The SMILES string of the molecule is CCSC1=NN2C(=c3ccccc3=NC2C)C(=O)N1. The number of amidine groups is 1. The third kappa shape index (κ3) is 2.02. The van der Waals surface area contributed by atoms with Gasteiger partial charge >= 0.3 is 0 Å². The van der Waals surface area contributed by atoms with Crippen LogP contribution >= 0.6 is 11.8 Å². The van der Waals surface area contributed by atoms with Crippen LogP contribution in [0.15, 0.2) is 34.4 Å². The molecule has 5 nitrogen and oxygen atoms in total. The van der Waals surface area contributed by atoms with Gasteiger partial charge < -0.3 is 0 Å². The summed E-state index contributed by atoms with van der Waals surface area (Å²) in [7, 11) is 0. The number of amides is 1. The molecule has 1 aromatic rings. The van der Waals surface area contributed by atoms with Crippen molar-refractivity contribution in [3.05, 3.63) is 34.8 Å². The summed E-state index contributed by atoms with van der Waals surface area (Å²) in [5.41, 5.74) is 0.582. The van der Waals surface area contributed by atoms with Crippen LogP contribution in [0, 0.1) is 0 Å². The molecule has 1 aromatic carbocycles. The first-order chi connectivity index (χ1) is 9.20. The Balaban J connectivity index is 2.21. The number of fused-ring (bicyclic) bond motifs is 2. The summed E-state index contributed by atoms with van der Waals surface area (Å²) >= 11 is 1.52. The fraction of sp³-hybridized carbons (Fsp3) is 0.308. The largest absolute Gasteiger partial charge is 0.298 e. The Hall–Kier alpha value is -1.82. The van der Waals surface area contributed by atoms with Gasteiger partial charge in [0, 0.05) is 5.22 Å². The number of carbonyl (C=O) groups excluding carboxylic acids is 1. The zero-order valence-corrected chi connectivity index (χ0v) is 11.6. The summed E-state index contributed by atoms with van der Waals surface area (Å²) in [6.07, 6.45) is -0.164. The Labute approximate surface area is 115 Å². The van der Waals surface area contributed by atoms with E-state index in [1.165, 1.54) is 11.8 Å². The smallest absolute Gasteiger partial charge is 0.276 e. The monoisotopic (exact) mass is 274 g/mol. The number of benzene rings is 1. The zero-order chi connectivity index (χ0) is 13.4. The predicted molar refractivity (Wildman–Crippen MR) is 75.6 cm³/mol. The molecule has 19 heavy (non-hydrogen) atoms. The fourth-order valence-electron chi connectivity index (χ4n) is 2.19.